The molecule has 136 valence electrons. The Morgan fingerprint density at radius 1 is 1.19 bits per heavy atom. The van der Waals surface area contributed by atoms with Crippen molar-refractivity contribution >= 4 is 27.9 Å². The fraction of sp³-hybridized carbons (Fsp3) is 0.263. The maximum absolute atomic E-state index is 14.1. The molecule has 26 heavy (non-hydrogen) atoms. The number of amides is 3. The molecule has 3 rings (SSSR count). The third kappa shape index (κ3) is 3.07. The number of imide groups is 1. The summed E-state index contributed by atoms with van der Waals surface area (Å²) in [4.78, 5) is 26.6. The predicted molar refractivity (Wildman–Crippen MR) is 98.1 cm³/mol. The average molecular weight is 421 g/mol. The summed E-state index contributed by atoms with van der Waals surface area (Å²) in [5.74, 6) is -0.207. The first-order valence-corrected chi connectivity index (χ1v) is 8.93. The second kappa shape index (κ2) is 7.07. The smallest absolute Gasteiger partial charge is 0.325 e. The van der Waals surface area contributed by atoms with E-state index in [1.54, 1.807) is 43.5 Å². The summed E-state index contributed by atoms with van der Waals surface area (Å²) in [6.45, 7) is 1.70. The molecule has 3 amide bonds. The molecule has 2 aromatic carbocycles. The van der Waals surface area contributed by atoms with Crippen molar-refractivity contribution in [2.75, 3.05) is 7.11 Å². The summed E-state index contributed by atoms with van der Waals surface area (Å²) in [5, 5.41) is 2.79. The molecular weight excluding hydrogens is 403 g/mol. The summed E-state index contributed by atoms with van der Waals surface area (Å²) in [6.07, 6.45) is 0.378. The van der Waals surface area contributed by atoms with Crippen molar-refractivity contribution in [3.05, 3.63) is 63.9 Å². The van der Waals surface area contributed by atoms with E-state index in [0.29, 0.717) is 22.2 Å². The summed E-state index contributed by atoms with van der Waals surface area (Å²) in [5.41, 5.74) is -0.217. The topological polar surface area (TPSA) is 58.6 Å². The highest BCUT2D eigenvalue weighted by Crippen LogP contribution is 2.34. The molecular formula is C19H18BrFN2O3. The van der Waals surface area contributed by atoms with E-state index in [4.69, 9.17) is 4.74 Å². The molecule has 5 nitrogen and oxygen atoms in total. The molecule has 1 aliphatic heterocycles. The second-order valence-electron chi connectivity index (χ2n) is 6.04. The van der Waals surface area contributed by atoms with Crippen LogP contribution < -0.4 is 10.1 Å². The fourth-order valence-electron chi connectivity index (χ4n) is 3.10. The zero-order valence-corrected chi connectivity index (χ0v) is 16.0. The second-order valence-corrected chi connectivity index (χ2v) is 6.96. The van der Waals surface area contributed by atoms with E-state index in [1.807, 2.05) is 6.92 Å². The summed E-state index contributed by atoms with van der Waals surface area (Å²) in [6, 6.07) is 11.0. The maximum Gasteiger partial charge on any atom is 0.325 e. The Hall–Kier alpha value is -2.41. The van der Waals surface area contributed by atoms with E-state index in [-0.39, 0.29) is 12.1 Å². The Bertz CT molecular complexity index is 856. The largest absolute Gasteiger partial charge is 0.497 e. The maximum atomic E-state index is 14.1. The van der Waals surface area contributed by atoms with Gasteiger partial charge in [0.2, 0.25) is 0 Å². The van der Waals surface area contributed by atoms with Gasteiger partial charge in [-0.15, -0.1) is 0 Å². The van der Waals surface area contributed by atoms with Crippen LogP contribution in [0, 0.1) is 5.82 Å². The SMILES string of the molecule is CC[C@@]1(c2ccc(OC)cc2)NC(=O)N(Cc2ccc(Br)cc2F)C1=O. The van der Waals surface area contributed by atoms with E-state index in [1.165, 1.54) is 6.07 Å². The molecule has 0 bridgehead atoms. The number of ether oxygens (including phenoxy) is 1. The number of rotatable bonds is 5. The number of nitrogens with zero attached hydrogens (tertiary/aromatic N) is 1. The van der Waals surface area contributed by atoms with Gasteiger partial charge >= 0.3 is 6.03 Å². The first-order valence-electron chi connectivity index (χ1n) is 8.14. The van der Waals surface area contributed by atoms with Crippen LogP contribution >= 0.6 is 15.9 Å². The number of hydrogen-bond acceptors (Lipinski definition) is 3. The number of methoxy groups -OCH3 is 1. The van der Waals surface area contributed by atoms with Gasteiger partial charge in [-0.2, -0.15) is 0 Å². The van der Waals surface area contributed by atoms with Crippen molar-refractivity contribution in [3.63, 3.8) is 0 Å². The van der Waals surface area contributed by atoms with Crippen LogP contribution in [0.2, 0.25) is 0 Å². The third-order valence-corrected chi connectivity index (χ3v) is 5.13. The van der Waals surface area contributed by atoms with Crippen molar-refractivity contribution in [3.8, 4) is 5.75 Å². The standard InChI is InChI=1S/C19H18BrFN2O3/c1-3-19(13-5-8-15(26-2)9-6-13)17(24)23(18(25)22-19)11-12-4-7-14(20)10-16(12)21/h4-10H,3,11H2,1-2H3,(H,22,25)/t19-/m0/s1. The zero-order chi connectivity index (χ0) is 18.9. The highest BCUT2D eigenvalue weighted by atomic mass is 79.9. The van der Waals surface area contributed by atoms with Gasteiger partial charge in [0.05, 0.1) is 13.7 Å². The highest BCUT2D eigenvalue weighted by Gasteiger charge is 2.51. The molecule has 0 aliphatic carbocycles. The lowest BCUT2D eigenvalue weighted by Crippen LogP contribution is -2.43. The molecule has 1 N–H and O–H groups in total. The lowest BCUT2D eigenvalue weighted by Gasteiger charge is -2.26. The summed E-state index contributed by atoms with van der Waals surface area (Å²) >= 11 is 3.19. The van der Waals surface area contributed by atoms with E-state index in [9.17, 15) is 14.0 Å². The minimum absolute atomic E-state index is 0.123. The van der Waals surface area contributed by atoms with E-state index in [0.717, 1.165) is 4.90 Å². The number of carbonyl (C=O) groups is 2. The molecule has 0 unspecified atom stereocenters. The summed E-state index contributed by atoms with van der Waals surface area (Å²) in [7, 11) is 1.56. The van der Waals surface area contributed by atoms with Crippen LogP contribution in [0.5, 0.6) is 5.75 Å². The number of halogens is 2. The molecule has 1 fully saturated rings. The van der Waals surface area contributed by atoms with Crippen molar-refractivity contribution < 1.29 is 18.7 Å². The predicted octanol–water partition coefficient (Wildman–Crippen LogP) is 3.95. The first-order chi connectivity index (χ1) is 12.4. The summed E-state index contributed by atoms with van der Waals surface area (Å²) < 4.78 is 19.9. The number of nitrogens with one attached hydrogen (secondary N) is 1. The van der Waals surface area contributed by atoms with Crippen LogP contribution in [0.4, 0.5) is 9.18 Å². The van der Waals surface area contributed by atoms with Crippen molar-refractivity contribution in [1.29, 1.82) is 0 Å². The fourth-order valence-corrected chi connectivity index (χ4v) is 3.44. The minimum atomic E-state index is -1.16. The van der Waals surface area contributed by atoms with Crippen LogP contribution in [-0.2, 0) is 16.9 Å². The van der Waals surface area contributed by atoms with Crippen molar-refractivity contribution in [2.24, 2.45) is 0 Å². The Kier molecular flexibility index (Phi) is 5.00. The van der Waals surface area contributed by atoms with Crippen molar-refractivity contribution in [1.82, 2.24) is 10.2 Å². The van der Waals surface area contributed by atoms with Crippen LogP contribution in [0.1, 0.15) is 24.5 Å². The Morgan fingerprint density at radius 3 is 2.46 bits per heavy atom. The van der Waals surface area contributed by atoms with E-state index >= 15 is 0 Å². The van der Waals surface area contributed by atoms with Gasteiger partial charge in [-0.25, -0.2) is 9.18 Å². The lowest BCUT2D eigenvalue weighted by atomic mass is 9.87. The molecule has 2 aromatic rings. The van der Waals surface area contributed by atoms with Crippen LogP contribution in [0.15, 0.2) is 46.9 Å². The van der Waals surface area contributed by atoms with E-state index in [2.05, 4.69) is 21.2 Å². The van der Waals surface area contributed by atoms with Gasteiger partial charge in [0.1, 0.15) is 17.1 Å². The van der Waals surface area contributed by atoms with E-state index < -0.39 is 23.3 Å². The Balaban J connectivity index is 1.92. The van der Waals surface area contributed by atoms with Crippen molar-refractivity contribution in [2.45, 2.75) is 25.4 Å². The number of hydrogen-bond donors (Lipinski definition) is 1. The molecule has 0 spiro atoms. The Morgan fingerprint density at radius 2 is 1.88 bits per heavy atom. The number of urea groups is 1. The first kappa shape index (κ1) is 18.4. The molecule has 0 radical (unpaired) electrons. The third-order valence-electron chi connectivity index (χ3n) is 4.63. The van der Waals surface area contributed by atoms with Gasteiger partial charge in [-0.3, -0.25) is 9.69 Å². The van der Waals surface area contributed by atoms with Crippen LogP contribution in [0.25, 0.3) is 0 Å². The number of benzene rings is 2. The lowest BCUT2D eigenvalue weighted by molar-refractivity contribution is -0.132. The quantitative estimate of drug-likeness (QED) is 0.744. The molecule has 7 heteroatoms. The molecule has 0 saturated carbocycles. The van der Waals surface area contributed by atoms with Gasteiger partial charge in [-0.1, -0.05) is 41.1 Å². The molecule has 0 aromatic heterocycles. The van der Waals surface area contributed by atoms with Gasteiger partial charge < -0.3 is 10.1 Å². The minimum Gasteiger partial charge on any atom is -0.497 e. The highest BCUT2D eigenvalue weighted by molar-refractivity contribution is 9.10. The van der Waals surface area contributed by atoms with Gasteiger partial charge in [0, 0.05) is 10.0 Å². The van der Waals surface area contributed by atoms with Gasteiger partial charge in [-0.05, 0) is 36.2 Å². The van der Waals surface area contributed by atoms with Crippen LogP contribution in [-0.4, -0.2) is 23.9 Å². The van der Waals surface area contributed by atoms with Crippen LogP contribution in [0.3, 0.4) is 0 Å². The monoisotopic (exact) mass is 420 g/mol. The average Bonchev–Trinajstić information content (AvgIpc) is 2.89. The normalized spacial score (nSPS) is 19.6. The number of carbonyl (C=O) groups excluding carboxylic acids is 2. The van der Waals surface area contributed by atoms with Gasteiger partial charge in [0.25, 0.3) is 5.91 Å². The molecule has 1 heterocycles. The molecule has 1 aliphatic rings. The Labute approximate surface area is 159 Å². The van der Waals surface area contributed by atoms with Gasteiger partial charge in [0.15, 0.2) is 0 Å². The molecule has 1 saturated heterocycles. The molecule has 1 atom stereocenters. The zero-order valence-electron chi connectivity index (χ0n) is 14.4.